The van der Waals surface area contributed by atoms with Crippen LogP contribution in [0.25, 0.3) is 0 Å². The van der Waals surface area contributed by atoms with Gasteiger partial charge in [0.2, 0.25) is 6.79 Å². The van der Waals surface area contributed by atoms with Crippen molar-refractivity contribution < 1.29 is 23.6 Å². The summed E-state index contributed by atoms with van der Waals surface area (Å²) in [7, 11) is 0. The predicted octanol–water partition coefficient (Wildman–Crippen LogP) is 1.97. The first-order chi connectivity index (χ1) is 13.3. The highest BCUT2D eigenvalue weighted by Crippen LogP contribution is 2.32. The molecule has 4 rings (SSSR count). The highest BCUT2D eigenvalue weighted by Gasteiger charge is 2.18. The number of furan rings is 1. The molecular weight excluding hydrogens is 364 g/mol. The largest absolute Gasteiger partial charge is 0.463 e. The first kappa shape index (κ1) is 17.6. The third kappa shape index (κ3) is 4.69. The number of thiophene rings is 1. The summed E-state index contributed by atoms with van der Waals surface area (Å²) in [6.07, 6.45) is 1.66. The second-order valence-electron chi connectivity index (χ2n) is 6.40. The summed E-state index contributed by atoms with van der Waals surface area (Å²) in [6.45, 7) is 2.54. The van der Waals surface area contributed by atoms with Gasteiger partial charge in [0.25, 0.3) is 5.91 Å². The minimum Gasteiger partial charge on any atom is -0.463 e. The van der Waals surface area contributed by atoms with Crippen LogP contribution in [-0.4, -0.2) is 19.2 Å². The Morgan fingerprint density at radius 1 is 1.11 bits per heavy atom. The van der Waals surface area contributed by atoms with E-state index in [1.807, 2.05) is 36.4 Å². The third-order valence-electron chi connectivity index (χ3n) is 4.35. The molecule has 0 fully saturated rings. The fourth-order valence-electron chi connectivity index (χ4n) is 3.05. The van der Waals surface area contributed by atoms with Gasteiger partial charge in [-0.3, -0.25) is 4.79 Å². The Balaban J connectivity index is 1.34. The van der Waals surface area contributed by atoms with Crippen molar-refractivity contribution in [1.82, 2.24) is 5.32 Å². The molecule has 0 saturated heterocycles. The molecule has 1 aliphatic rings. The van der Waals surface area contributed by atoms with E-state index in [0.29, 0.717) is 19.6 Å². The average Bonchev–Trinajstić information content (AvgIpc) is 3.42. The molecule has 0 saturated carbocycles. The van der Waals surface area contributed by atoms with Crippen LogP contribution in [0.3, 0.4) is 0 Å². The van der Waals surface area contributed by atoms with Crippen molar-refractivity contribution in [3.05, 3.63) is 70.3 Å². The third-order valence-corrected chi connectivity index (χ3v) is 5.22. The predicted molar refractivity (Wildman–Crippen MR) is 101 cm³/mol. The van der Waals surface area contributed by atoms with Crippen molar-refractivity contribution in [3.8, 4) is 11.5 Å². The van der Waals surface area contributed by atoms with Crippen molar-refractivity contribution in [3.63, 3.8) is 0 Å². The van der Waals surface area contributed by atoms with E-state index in [4.69, 9.17) is 13.9 Å². The Hall–Kier alpha value is -2.77. The van der Waals surface area contributed by atoms with Crippen molar-refractivity contribution in [2.75, 3.05) is 13.3 Å². The highest BCUT2D eigenvalue weighted by molar-refractivity contribution is 7.09. The molecule has 1 atom stereocenters. The van der Waals surface area contributed by atoms with Gasteiger partial charge in [0, 0.05) is 6.54 Å². The summed E-state index contributed by atoms with van der Waals surface area (Å²) >= 11 is 1.70. The summed E-state index contributed by atoms with van der Waals surface area (Å²) < 4.78 is 16.2. The number of nitrogens with one attached hydrogen (secondary N) is 2. The lowest BCUT2D eigenvalue weighted by atomic mass is 10.2. The van der Waals surface area contributed by atoms with Crippen molar-refractivity contribution in [2.24, 2.45) is 0 Å². The lowest BCUT2D eigenvalue weighted by molar-refractivity contribution is -0.920. The quantitative estimate of drug-likeness (QED) is 0.622. The molecule has 1 unspecified atom stereocenters. The van der Waals surface area contributed by atoms with E-state index in [1.54, 1.807) is 17.6 Å². The van der Waals surface area contributed by atoms with Crippen LogP contribution in [0.1, 0.15) is 16.2 Å². The maximum Gasteiger partial charge on any atom is 0.275 e. The molecular formula is C20H21N2O4S+. The van der Waals surface area contributed by atoms with Crippen LogP contribution in [0.15, 0.2) is 58.5 Å². The Bertz CT molecular complexity index is 841. The van der Waals surface area contributed by atoms with Gasteiger partial charge in [-0.25, -0.2) is 0 Å². The molecule has 27 heavy (non-hydrogen) atoms. The van der Waals surface area contributed by atoms with E-state index in [1.165, 1.54) is 4.88 Å². The summed E-state index contributed by atoms with van der Waals surface area (Å²) in [5.41, 5.74) is 0.985. The van der Waals surface area contributed by atoms with E-state index in [0.717, 1.165) is 34.3 Å². The molecule has 7 heteroatoms. The van der Waals surface area contributed by atoms with Crippen LogP contribution in [0.2, 0.25) is 0 Å². The Morgan fingerprint density at radius 2 is 2.04 bits per heavy atom. The number of carbonyl (C=O) groups excluding carboxylic acids is 1. The minimum atomic E-state index is 0.00535. The number of amides is 1. The molecule has 1 aliphatic heterocycles. The van der Waals surface area contributed by atoms with Crippen LogP contribution in [0, 0.1) is 0 Å². The Labute approximate surface area is 161 Å². The molecule has 1 amide bonds. The van der Waals surface area contributed by atoms with Gasteiger partial charge in [0.05, 0.1) is 11.1 Å². The molecule has 1 aromatic carbocycles. The van der Waals surface area contributed by atoms with E-state index in [2.05, 4.69) is 16.8 Å². The summed E-state index contributed by atoms with van der Waals surface area (Å²) in [6, 6.07) is 13.7. The SMILES string of the molecule is O=C(C[NH+](Cc1ccco1)Cc1cccs1)NCc1ccc2c(c1)OCO2. The number of benzene rings is 1. The average molecular weight is 385 g/mol. The first-order valence-corrected chi connectivity index (χ1v) is 9.68. The first-order valence-electron chi connectivity index (χ1n) is 8.80. The molecule has 6 nitrogen and oxygen atoms in total. The lowest BCUT2D eigenvalue weighted by Gasteiger charge is -2.17. The fraction of sp³-hybridized carbons (Fsp3) is 0.250. The monoisotopic (exact) mass is 385 g/mol. The molecule has 0 spiro atoms. The maximum atomic E-state index is 12.5. The molecule has 3 heterocycles. The van der Waals surface area contributed by atoms with Gasteiger partial charge in [-0.2, -0.15) is 0 Å². The van der Waals surface area contributed by atoms with Crippen molar-refractivity contribution in [1.29, 1.82) is 0 Å². The number of hydrogen-bond acceptors (Lipinski definition) is 5. The molecule has 0 radical (unpaired) electrons. The van der Waals surface area contributed by atoms with Gasteiger partial charge in [0.1, 0.15) is 13.1 Å². The van der Waals surface area contributed by atoms with Gasteiger partial charge >= 0.3 is 0 Å². The second kappa shape index (κ2) is 8.28. The van der Waals surface area contributed by atoms with Gasteiger partial charge in [-0.15, -0.1) is 11.3 Å². The zero-order chi connectivity index (χ0) is 18.5. The minimum absolute atomic E-state index is 0.00535. The molecule has 0 bridgehead atoms. The molecule has 2 N–H and O–H groups in total. The topological polar surface area (TPSA) is 65.1 Å². The summed E-state index contributed by atoms with van der Waals surface area (Å²) in [5.74, 6) is 2.36. The zero-order valence-corrected chi connectivity index (χ0v) is 15.6. The van der Waals surface area contributed by atoms with E-state index >= 15 is 0 Å². The van der Waals surface area contributed by atoms with Gasteiger partial charge < -0.3 is 24.1 Å². The Morgan fingerprint density at radius 3 is 2.85 bits per heavy atom. The van der Waals surface area contributed by atoms with Gasteiger partial charge in [-0.05, 0) is 41.3 Å². The molecule has 140 valence electrons. The number of ether oxygens (including phenoxy) is 2. The van der Waals surface area contributed by atoms with Crippen LogP contribution in [0.4, 0.5) is 0 Å². The number of carbonyl (C=O) groups is 1. The molecule has 3 aromatic rings. The number of rotatable bonds is 8. The highest BCUT2D eigenvalue weighted by atomic mass is 32.1. The van der Waals surface area contributed by atoms with E-state index in [-0.39, 0.29) is 12.7 Å². The van der Waals surface area contributed by atoms with Crippen molar-refractivity contribution >= 4 is 17.2 Å². The second-order valence-corrected chi connectivity index (χ2v) is 7.44. The number of quaternary nitrogens is 1. The summed E-state index contributed by atoms with van der Waals surface area (Å²) in [5, 5.41) is 5.05. The van der Waals surface area contributed by atoms with Crippen LogP contribution >= 0.6 is 11.3 Å². The number of hydrogen-bond donors (Lipinski definition) is 2. The normalized spacial score (nSPS) is 13.5. The van der Waals surface area contributed by atoms with Gasteiger partial charge in [0.15, 0.2) is 23.8 Å². The van der Waals surface area contributed by atoms with Gasteiger partial charge in [-0.1, -0.05) is 12.1 Å². The number of fused-ring (bicyclic) bond motifs is 1. The van der Waals surface area contributed by atoms with Crippen LogP contribution < -0.4 is 19.7 Å². The fourth-order valence-corrected chi connectivity index (χ4v) is 3.82. The lowest BCUT2D eigenvalue weighted by Crippen LogP contribution is -3.10. The Kier molecular flexibility index (Phi) is 5.41. The van der Waals surface area contributed by atoms with Crippen LogP contribution in [0.5, 0.6) is 11.5 Å². The summed E-state index contributed by atoms with van der Waals surface area (Å²) in [4.78, 5) is 14.9. The smallest absolute Gasteiger partial charge is 0.275 e. The molecule has 0 aliphatic carbocycles. The van der Waals surface area contributed by atoms with E-state index < -0.39 is 0 Å². The van der Waals surface area contributed by atoms with Crippen LogP contribution in [-0.2, 0) is 24.4 Å². The standard InChI is InChI=1S/C20H20N2O4S/c23-20(21-10-15-5-6-18-19(9-15)26-14-25-18)13-22(11-16-3-1-7-24-16)12-17-4-2-8-27-17/h1-9H,10-14H2,(H,21,23)/p+1. The molecule has 2 aromatic heterocycles. The van der Waals surface area contributed by atoms with Crippen molar-refractivity contribution in [2.45, 2.75) is 19.6 Å². The maximum absolute atomic E-state index is 12.5. The zero-order valence-electron chi connectivity index (χ0n) is 14.8. The van der Waals surface area contributed by atoms with E-state index in [9.17, 15) is 4.79 Å².